The Labute approximate surface area is 154 Å². The summed E-state index contributed by atoms with van der Waals surface area (Å²) in [5.74, 6) is 0.735. The van der Waals surface area contributed by atoms with Crippen LogP contribution in [-0.4, -0.2) is 63.2 Å². The van der Waals surface area contributed by atoms with Gasteiger partial charge in [-0.25, -0.2) is 0 Å². The lowest BCUT2D eigenvalue weighted by molar-refractivity contribution is -0.131. The predicted octanol–water partition coefficient (Wildman–Crippen LogP) is 1.93. The van der Waals surface area contributed by atoms with Crippen LogP contribution < -0.4 is 0 Å². The van der Waals surface area contributed by atoms with Gasteiger partial charge in [0.15, 0.2) is 0 Å². The van der Waals surface area contributed by atoms with Crippen molar-refractivity contribution in [1.82, 2.24) is 24.6 Å². The van der Waals surface area contributed by atoms with Crippen molar-refractivity contribution in [2.45, 2.75) is 38.1 Å². The van der Waals surface area contributed by atoms with E-state index in [1.165, 1.54) is 11.1 Å². The molecular formula is C20H27N5O. The lowest BCUT2D eigenvalue weighted by atomic mass is 9.97. The van der Waals surface area contributed by atoms with Gasteiger partial charge in [-0.2, -0.15) is 0 Å². The largest absolute Gasteiger partial charge is 0.341 e. The minimum atomic E-state index is 0.326. The van der Waals surface area contributed by atoms with Gasteiger partial charge in [-0.15, -0.1) is 10.2 Å². The van der Waals surface area contributed by atoms with Crippen molar-refractivity contribution in [2.24, 2.45) is 0 Å². The second-order valence-electron chi connectivity index (χ2n) is 7.41. The third-order valence-electron chi connectivity index (χ3n) is 5.76. The zero-order valence-corrected chi connectivity index (χ0v) is 15.3. The molecule has 1 aliphatic heterocycles. The molecule has 0 N–H and O–H groups in total. The van der Waals surface area contributed by atoms with Gasteiger partial charge in [0.05, 0.1) is 0 Å². The van der Waals surface area contributed by atoms with E-state index in [2.05, 4.69) is 44.3 Å². The normalized spacial score (nSPS) is 20.8. The number of amides is 1. The van der Waals surface area contributed by atoms with E-state index in [4.69, 9.17) is 0 Å². The zero-order chi connectivity index (χ0) is 17.8. The number of fused-ring (bicyclic) bond motifs is 1. The smallest absolute Gasteiger partial charge is 0.223 e. The Balaban J connectivity index is 1.28. The SMILES string of the molecule is O=C(CC1CCc2ccccc21)N1CCCN(CCn2cnnc2)CC1. The van der Waals surface area contributed by atoms with E-state index in [1.807, 2.05) is 4.57 Å². The molecule has 0 bridgehead atoms. The van der Waals surface area contributed by atoms with E-state index in [9.17, 15) is 4.79 Å². The van der Waals surface area contributed by atoms with Gasteiger partial charge in [-0.3, -0.25) is 9.69 Å². The molecule has 1 aromatic carbocycles. The minimum Gasteiger partial charge on any atom is -0.341 e. The maximum Gasteiger partial charge on any atom is 0.223 e. The van der Waals surface area contributed by atoms with Crippen molar-refractivity contribution in [3.8, 4) is 0 Å². The number of benzene rings is 1. The zero-order valence-electron chi connectivity index (χ0n) is 15.3. The summed E-state index contributed by atoms with van der Waals surface area (Å²) in [6, 6.07) is 8.61. The van der Waals surface area contributed by atoms with E-state index >= 15 is 0 Å². The molecular weight excluding hydrogens is 326 g/mol. The maximum absolute atomic E-state index is 12.9. The molecule has 2 aliphatic rings. The molecule has 1 unspecified atom stereocenters. The van der Waals surface area contributed by atoms with Crippen molar-refractivity contribution in [3.63, 3.8) is 0 Å². The average Bonchev–Trinajstić information content (AvgIpc) is 3.25. The second kappa shape index (κ2) is 7.99. The molecule has 2 heterocycles. The fourth-order valence-corrected chi connectivity index (χ4v) is 4.24. The van der Waals surface area contributed by atoms with Crippen molar-refractivity contribution in [2.75, 3.05) is 32.7 Å². The van der Waals surface area contributed by atoms with Crippen LogP contribution >= 0.6 is 0 Å². The Hall–Kier alpha value is -2.21. The molecule has 1 saturated heterocycles. The highest BCUT2D eigenvalue weighted by Gasteiger charge is 2.27. The highest BCUT2D eigenvalue weighted by Crippen LogP contribution is 2.35. The van der Waals surface area contributed by atoms with Gasteiger partial charge in [0.25, 0.3) is 0 Å². The molecule has 1 aliphatic carbocycles. The Morgan fingerprint density at radius 2 is 1.88 bits per heavy atom. The first-order valence-corrected chi connectivity index (χ1v) is 9.70. The molecule has 2 aromatic rings. The molecule has 6 heteroatoms. The number of aryl methyl sites for hydroxylation is 1. The number of hydrogen-bond acceptors (Lipinski definition) is 4. The highest BCUT2D eigenvalue weighted by atomic mass is 16.2. The number of nitrogens with zero attached hydrogens (tertiary/aromatic N) is 5. The Kier molecular flexibility index (Phi) is 5.29. The van der Waals surface area contributed by atoms with Crippen molar-refractivity contribution < 1.29 is 4.79 Å². The van der Waals surface area contributed by atoms with E-state index in [1.54, 1.807) is 12.7 Å². The summed E-state index contributed by atoms with van der Waals surface area (Å²) >= 11 is 0. The number of aromatic nitrogens is 3. The van der Waals surface area contributed by atoms with Crippen molar-refractivity contribution in [1.29, 1.82) is 0 Å². The van der Waals surface area contributed by atoms with E-state index in [0.29, 0.717) is 18.2 Å². The molecule has 1 amide bonds. The van der Waals surface area contributed by atoms with E-state index < -0.39 is 0 Å². The minimum absolute atomic E-state index is 0.326. The number of carbonyl (C=O) groups excluding carboxylic acids is 1. The van der Waals surface area contributed by atoms with Gasteiger partial charge in [0.1, 0.15) is 12.7 Å². The topological polar surface area (TPSA) is 54.3 Å². The summed E-state index contributed by atoms with van der Waals surface area (Å²) in [4.78, 5) is 17.4. The molecule has 26 heavy (non-hydrogen) atoms. The van der Waals surface area contributed by atoms with Crippen LogP contribution in [0.15, 0.2) is 36.9 Å². The fourth-order valence-electron chi connectivity index (χ4n) is 4.24. The van der Waals surface area contributed by atoms with Crippen LogP contribution in [0.3, 0.4) is 0 Å². The average molecular weight is 353 g/mol. The second-order valence-corrected chi connectivity index (χ2v) is 7.41. The first-order chi connectivity index (χ1) is 12.8. The van der Waals surface area contributed by atoms with Crippen LogP contribution in [0.2, 0.25) is 0 Å². The van der Waals surface area contributed by atoms with Crippen LogP contribution in [0.4, 0.5) is 0 Å². The molecule has 138 valence electrons. The maximum atomic E-state index is 12.9. The fraction of sp³-hybridized carbons (Fsp3) is 0.550. The molecule has 1 aromatic heterocycles. The monoisotopic (exact) mass is 353 g/mol. The molecule has 1 atom stereocenters. The summed E-state index contributed by atoms with van der Waals surface area (Å²) in [6.45, 7) is 5.62. The van der Waals surface area contributed by atoms with Gasteiger partial charge >= 0.3 is 0 Å². The molecule has 4 rings (SSSR count). The van der Waals surface area contributed by atoms with E-state index in [0.717, 1.165) is 58.5 Å². The van der Waals surface area contributed by atoms with Crippen LogP contribution in [0, 0.1) is 0 Å². The van der Waals surface area contributed by atoms with Crippen LogP contribution in [0.25, 0.3) is 0 Å². The van der Waals surface area contributed by atoms with Crippen LogP contribution in [0.5, 0.6) is 0 Å². The van der Waals surface area contributed by atoms with Crippen molar-refractivity contribution >= 4 is 5.91 Å². The predicted molar refractivity (Wildman–Crippen MR) is 99.8 cm³/mol. The van der Waals surface area contributed by atoms with Gasteiger partial charge in [-0.05, 0) is 42.9 Å². The Morgan fingerprint density at radius 1 is 1.04 bits per heavy atom. The van der Waals surface area contributed by atoms with Gasteiger partial charge in [-0.1, -0.05) is 24.3 Å². The van der Waals surface area contributed by atoms with E-state index in [-0.39, 0.29) is 0 Å². The van der Waals surface area contributed by atoms with Crippen molar-refractivity contribution in [3.05, 3.63) is 48.0 Å². The third-order valence-corrected chi connectivity index (χ3v) is 5.76. The molecule has 0 spiro atoms. The van der Waals surface area contributed by atoms with Gasteiger partial charge < -0.3 is 9.47 Å². The first kappa shape index (κ1) is 17.2. The number of carbonyl (C=O) groups is 1. The quantitative estimate of drug-likeness (QED) is 0.824. The molecule has 0 radical (unpaired) electrons. The number of hydrogen-bond donors (Lipinski definition) is 0. The van der Waals surface area contributed by atoms with Gasteiger partial charge in [0, 0.05) is 39.1 Å². The lowest BCUT2D eigenvalue weighted by Crippen LogP contribution is -2.36. The summed E-state index contributed by atoms with van der Waals surface area (Å²) in [5, 5.41) is 7.69. The molecule has 6 nitrogen and oxygen atoms in total. The summed E-state index contributed by atoms with van der Waals surface area (Å²) < 4.78 is 2.01. The standard InChI is InChI=1S/C20H27N5O/c26-20(14-18-7-6-17-4-1-2-5-19(17)18)25-9-3-8-23(12-13-25)10-11-24-15-21-22-16-24/h1-2,4-5,15-16,18H,3,6-14H2. The molecule has 0 saturated carbocycles. The van der Waals surface area contributed by atoms with Gasteiger partial charge in [0.2, 0.25) is 5.91 Å². The summed E-state index contributed by atoms with van der Waals surface area (Å²) in [7, 11) is 0. The van der Waals surface area contributed by atoms with Crippen LogP contribution in [-0.2, 0) is 17.8 Å². The summed E-state index contributed by atoms with van der Waals surface area (Å²) in [5.41, 5.74) is 2.83. The number of rotatable bonds is 5. The highest BCUT2D eigenvalue weighted by molar-refractivity contribution is 5.77. The van der Waals surface area contributed by atoms with Crippen LogP contribution in [0.1, 0.15) is 36.3 Å². The first-order valence-electron chi connectivity index (χ1n) is 9.70. The molecule has 1 fully saturated rings. The summed E-state index contributed by atoms with van der Waals surface area (Å²) in [6.07, 6.45) is 7.46. The third kappa shape index (κ3) is 3.96. The Bertz CT molecular complexity index is 730. The Morgan fingerprint density at radius 3 is 2.77 bits per heavy atom. The lowest BCUT2D eigenvalue weighted by Gasteiger charge is -2.23.